The molecule has 0 radical (unpaired) electrons. The molecule has 2 nitrogen and oxygen atoms in total. The van der Waals surface area contributed by atoms with Crippen LogP contribution in [0.4, 0.5) is 17.6 Å². The summed E-state index contributed by atoms with van der Waals surface area (Å²) in [6, 6.07) is 21.4. The standard InChI is InChI=1S/C11H14F2.C10H14.C9H11F2N.C9H13N/c1-7(2)9-5-4-8(3)10(6-9)11(12)13;1-8(2)10-6-4-9(3)5-7-10;1-6(2)7-3-4-12-8(5-7)9(10)11;1-7(2)9-4-5-10-8(3)6-9/h4-7,11H,1-3H3;4-8H,1-3H3;3-6,9H,1-2H3;4-7H,1-3H3. The van der Waals surface area contributed by atoms with Crippen LogP contribution in [0.3, 0.4) is 0 Å². The molecular formula is C39H52F4N2. The largest absolute Gasteiger partial charge is 0.280 e. The molecule has 0 saturated carbocycles. The molecule has 0 unspecified atom stereocenters. The molecule has 2 aromatic heterocycles. The van der Waals surface area contributed by atoms with Crippen molar-refractivity contribution < 1.29 is 17.6 Å². The Morgan fingerprint density at radius 2 is 0.911 bits per heavy atom. The SMILES string of the molecule is CC(C)c1ccnc(C(F)F)c1.Cc1cc(C(C)C)ccn1.Cc1ccc(C(C)C)cc1.Cc1ccc(C(C)C)cc1C(F)F. The number of pyridine rings is 2. The average Bonchev–Trinajstić information content (AvgIpc) is 2.98. The van der Waals surface area contributed by atoms with E-state index in [2.05, 4.69) is 81.0 Å². The number of hydrogen-bond acceptors (Lipinski definition) is 2. The van der Waals surface area contributed by atoms with Gasteiger partial charge >= 0.3 is 0 Å². The lowest BCUT2D eigenvalue weighted by Gasteiger charge is -2.10. The van der Waals surface area contributed by atoms with Gasteiger partial charge in [-0.05, 0) is 103 Å². The first kappa shape index (κ1) is 39.5. The second-order valence-corrected chi connectivity index (χ2v) is 12.5. The third-order valence-electron chi connectivity index (χ3n) is 7.23. The summed E-state index contributed by atoms with van der Waals surface area (Å²) < 4.78 is 49.2. The lowest BCUT2D eigenvalue weighted by atomic mass is 9.98. The van der Waals surface area contributed by atoms with Crippen molar-refractivity contribution in [3.8, 4) is 0 Å². The van der Waals surface area contributed by atoms with Crippen molar-refractivity contribution in [1.29, 1.82) is 0 Å². The van der Waals surface area contributed by atoms with E-state index in [9.17, 15) is 17.6 Å². The van der Waals surface area contributed by atoms with E-state index in [1.165, 1.54) is 29.0 Å². The molecule has 0 aliphatic carbocycles. The number of benzene rings is 2. The van der Waals surface area contributed by atoms with E-state index < -0.39 is 12.9 Å². The van der Waals surface area contributed by atoms with Crippen LogP contribution in [0.25, 0.3) is 0 Å². The summed E-state index contributed by atoms with van der Waals surface area (Å²) >= 11 is 0. The molecule has 45 heavy (non-hydrogen) atoms. The maximum absolute atomic E-state index is 12.5. The zero-order chi connectivity index (χ0) is 34.3. The highest BCUT2D eigenvalue weighted by atomic mass is 19.3. The number of nitrogens with zero attached hydrogens (tertiary/aromatic N) is 2. The Hall–Kier alpha value is -3.54. The Morgan fingerprint density at radius 3 is 1.33 bits per heavy atom. The van der Waals surface area contributed by atoms with Crippen molar-refractivity contribution in [2.45, 2.75) is 113 Å². The van der Waals surface area contributed by atoms with Crippen molar-refractivity contribution in [2.75, 3.05) is 0 Å². The predicted octanol–water partition coefficient (Wildman–Crippen LogP) is 12.8. The second-order valence-electron chi connectivity index (χ2n) is 12.5. The molecule has 0 aliphatic rings. The van der Waals surface area contributed by atoms with Crippen LogP contribution in [0.15, 0.2) is 79.1 Å². The van der Waals surface area contributed by atoms with E-state index in [1.54, 1.807) is 25.1 Å². The fourth-order valence-electron chi connectivity index (χ4n) is 4.08. The van der Waals surface area contributed by atoms with Gasteiger partial charge in [-0.3, -0.25) is 9.97 Å². The van der Waals surface area contributed by atoms with Crippen molar-refractivity contribution in [3.63, 3.8) is 0 Å². The average molecular weight is 625 g/mol. The van der Waals surface area contributed by atoms with E-state index in [1.807, 2.05) is 46.9 Å². The van der Waals surface area contributed by atoms with Crippen LogP contribution < -0.4 is 0 Å². The topological polar surface area (TPSA) is 25.8 Å². The Bertz CT molecular complexity index is 1370. The normalized spacial score (nSPS) is 10.9. The van der Waals surface area contributed by atoms with Crippen LogP contribution in [-0.4, -0.2) is 9.97 Å². The van der Waals surface area contributed by atoms with Gasteiger partial charge in [-0.15, -0.1) is 0 Å². The summed E-state index contributed by atoms with van der Waals surface area (Å²) in [5, 5.41) is 0. The third-order valence-corrected chi connectivity index (χ3v) is 7.23. The maximum Gasteiger partial charge on any atom is 0.280 e. The zero-order valence-electron chi connectivity index (χ0n) is 28.9. The van der Waals surface area contributed by atoms with Gasteiger partial charge in [0.15, 0.2) is 0 Å². The molecule has 0 aliphatic heterocycles. The van der Waals surface area contributed by atoms with Gasteiger partial charge in [-0.2, -0.15) is 0 Å². The predicted molar refractivity (Wildman–Crippen MR) is 182 cm³/mol. The number of rotatable bonds is 6. The van der Waals surface area contributed by atoms with Crippen molar-refractivity contribution in [3.05, 3.63) is 129 Å². The molecule has 0 bridgehead atoms. The molecule has 0 atom stereocenters. The van der Waals surface area contributed by atoms with E-state index in [-0.39, 0.29) is 17.2 Å². The molecule has 0 amide bonds. The molecule has 2 aromatic carbocycles. The molecule has 4 aromatic rings. The lowest BCUT2D eigenvalue weighted by molar-refractivity contribution is 0.146. The third kappa shape index (κ3) is 14.9. The zero-order valence-corrected chi connectivity index (χ0v) is 28.9. The molecule has 2 heterocycles. The first-order valence-corrected chi connectivity index (χ1v) is 15.6. The van der Waals surface area contributed by atoms with Gasteiger partial charge in [0.2, 0.25) is 0 Å². The Balaban J connectivity index is 0.000000302. The molecule has 4 rings (SSSR count). The fourth-order valence-corrected chi connectivity index (χ4v) is 4.08. The Labute approximate surface area is 269 Å². The molecule has 246 valence electrons. The van der Waals surface area contributed by atoms with Gasteiger partial charge in [0, 0.05) is 23.7 Å². The highest BCUT2D eigenvalue weighted by Gasteiger charge is 2.12. The minimum absolute atomic E-state index is 0.138. The van der Waals surface area contributed by atoms with Gasteiger partial charge < -0.3 is 0 Å². The fraction of sp³-hybridized carbons (Fsp3) is 0.436. The van der Waals surface area contributed by atoms with Crippen molar-refractivity contribution >= 4 is 0 Å². The van der Waals surface area contributed by atoms with E-state index in [4.69, 9.17) is 0 Å². The second kappa shape index (κ2) is 19.8. The quantitative estimate of drug-likeness (QED) is 0.199. The summed E-state index contributed by atoms with van der Waals surface area (Å²) in [6.45, 7) is 22.6. The van der Waals surface area contributed by atoms with Crippen LogP contribution in [-0.2, 0) is 0 Å². The van der Waals surface area contributed by atoms with Crippen LogP contribution in [0, 0.1) is 20.8 Å². The summed E-state index contributed by atoms with van der Waals surface area (Å²) in [4.78, 5) is 7.69. The number of aryl methyl sites for hydroxylation is 3. The minimum atomic E-state index is -2.47. The van der Waals surface area contributed by atoms with Gasteiger partial charge in [-0.25, -0.2) is 17.6 Å². The van der Waals surface area contributed by atoms with Gasteiger partial charge in [0.1, 0.15) is 5.69 Å². The van der Waals surface area contributed by atoms with Gasteiger partial charge in [-0.1, -0.05) is 97.4 Å². The van der Waals surface area contributed by atoms with Crippen molar-refractivity contribution in [1.82, 2.24) is 9.97 Å². The summed E-state index contributed by atoms with van der Waals surface area (Å²) in [6.07, 6.45) is -1.54. The highest BCUT2D eigenvalue weighted by Crippen LogP contribution is 2.26. The smallest absolute Gasteiger partial charge is 0.262 e. The van der Waals surface area contributed by atoms with Crippen LogP contribution >= 0.6 is 0 Å². The van der Waals surface area contributed by atoms with Gasteiger partial charge in [0.05, 0.1) is 0 Å². The van der Waals surface area contributed by atoms with Crippen LogP contribution in [0.5, 0.6) is 0 Å². The number of halogens is 4. The monoisotopic (exact) mass is 624 g/mol. The van der Waals surface area contributed by atoms with E-state index in [0.717, 1.165) is 16.8 Å². The lowest BCUT2D eigenvalue weighted by Crippen LogP contribution is -1.94. The van der Waals surface area contributed by atoms with Crippen molar-refractivity contribution in [2.24, 2.45) is 0 Å². The van der Waals surface area contributed by atoms with Gasteiger partial charge in [0.25, 0.3) is 12.9 Å². The first-order chi connectivity index (χ1) is 21.0. The summed E-state index contributed by atoms with van der Waals surface area (Å²) in [7, 11) is 0. The first-order valence-electron chi connectivity index (χ1n) is 15.6. The summed E-state index contributed by atoms with van der Waals surface area (Å²) in [5.74, 6) is 1.84. The minimum Gasteiger partial charge on any atom is -0.262 e. The molecule has 0 saturated heterocycles. The number of aromatic nitrogens is 2. The van der Waals surface area contributed by atoms with Crippen LogP contribution in [0.2, 0.25) is 0 Å². The Morgan fingerprint density at radius 1 is 0.467 bits per heavy atom. The number of alkyl halides is 4. The molecule has 0 N–H and O–H groups in total. The molecule has 6 heteroatoms. The van der Waals surface area contributed by atoms with E-state index >= 15 is 0 Å². The highest BCUT2D eigenvalue weighted by molar-refractivity contribution is 5.33. The van der Waals surface area contributed by atoms with E-state index in [0.29, 0.717) is 23.3 Å². The maximum atomic E-state index is 12.5. The van der Waals surface area contributed by atoms with Crippen LogP contribution in [0.1, 0.15) is 142 Å². The summed E-state index contributed by atoms with van der Waals surface area (Å²) in [5.41, 5.74) is 7.79. The molecule has 0 spiro atoms. The molecule has 0 fully saturated rings. The number of hydrogen-bond donors (Lipinski definition) is 0. The molecular weight excluding hydrogens is 572 g/mol. The Kier molecular flexibility index (Phi) is 17.3.